The van der Waals surface area contributed by atoms with E-state index in [0.29, 0.717) is 0 Å². The molecule has 0 aromatic carbocycles. The van der Waals surface area contributed by atoms with Crippen molar-refractivity contribution in [3.8, 4) is 0 Å². The van der Waals surface area contributed by atoms with Crippen LogP contribution in [0.15, 0.2) is 11.4 Å². The number of aromatic nitrogens is 3. The summed E-state index contributed by atoms with van der Waals surface area (Å²) in [6.07, 6.45) is 1.33. The van der Waals surface area contributed by atoms with E-state index in [1.54, 1.807) is 0 Å². The van der Waals surface area contributed by atoms with E-state index in [1.807, 2.05) is 5.43 Å². The minimum Gasteiger partial charge on any atom is -0.367 e. The van der Waals surface area contributed by atoms with E-state index in [9.17, 15) is 0 Å². The summed E-state index contributed by atoms with van der Waals surface area (Å²) in [5, 5.41) is 9.73. The van der Waals surface area contributed by atoms with Gasteiger partial charge in [-0.1, -0.05) is 0 Å². The fraction of sp³-hybridized carbons (Fsp3) is 0. The monoisotopic (exact) mass is 188 g/mol. The summed E-state index contributed by atoms with van der Waals surface area (Å²) in [6, 6.07) is 0. The minimum atomic E-state index is 0.0231. The second-order valence-electron chi connectivity index (χ2n) is 1.76. The lowest BCUT2D eigenvalue weighted by Gasteiger charge is -1.89. The molecule has 0 fully saturated rings. The van der Waals surface area contributed by atoms with Gasteiger partial charge in [0.2, 0.25) is 11.9 Å². The number of anilines is 1. The minimum absolute atomic E-state index is 0.0231. The van der Waals surface area contributed by atoms with Crippen LogP contribution in [0.3, 0.4) is 0 Å². The van der Waals surface area contributed by atoms with Gasteiger partial charge >= 0.3 is 0 Å². The molecule has 10 nitrogen and oxygen atoms in total. The zero-order valence-corrected chi connectivity index (χ0v) is 6.75. The second-order valence-corrected chi connectivity index (χ2v) is 1.76. The molecule has 1 rings (SSSR count). The van der Waals surface area contributed by atoms with Gasteiger partial charge in [-0.2, -0.15) is 0 Å². The molecule has 0 unspecified atom stereocenters. The zero-order valence-electron chi connectivity index (χ0n) is 6.75. The fourth-order valence-electron chi connectivity index (χ4n) is 0.289. The molecule has 1 aromatic rings. The molecule has 0 bridgehead atoms. The molecule has 0 saturated carbocycles. The number of hydrazone groups is 1. The number of guanidine groups is 1. The predicted molar refractivity (Wildman–Crippen MR) is 47.7 cm³/mol. The van der Waals surface area contributed by atoms with Gasteiger partial charge in [-0.25, -0.2) is 10.5 Å². The molecule has 0 aliphatic rings. The first-order chi connectivity index (χ1) is 6.11. The van der Waals surface area contributed by atoms with Crippen LogP contribution in [-0.4, -0.2) is 20.8 Å². The van der Waals surface area contributed by atoms with Gasteiger partial charge in [-0.15, -0.1) is 15.3 Å². The fourth-order valence-corrected chi connectivity index (χ4v) is 0.289. The maximum atomic E-state index is 5.11. The van der Waals surface area contributed by atoms with Crippen LogP contribution < -0.4 is 34.4 Å². The molecule has 0 amide bonds. The summed E-state index contributed by atoms with van der Waals surface area (Å²) in [4.78, 5) is 0. The predicted octanol–water partition coefficient (Wildman–Crippen LogP) is -3.79. The Labute approximate surface area is 73.7 Å². The van der Waals surface area contributed by atoms with Crippen LogP contribution in [0.4, 0.5) is 5.95 Å². The quantitative estimate of drug-likeness (QED) is 0.103. The molecule has 1 aromatic heterocycles. The van der Waals surface area contributed by atoms with E-state index < -0.39 is 0 Å². The first-order valence-corrected chi connectivity index (χ1v) is 3.02. The molecule has 74 valence electrons. The highest BCUT2D eigenvalue weighted by Gasteiger charge is 1.87. The number of nitrogens with two attached hydrogens (primary N) is 5. The van der Waals surface area contributed by atoms with E-state index in [2.05, 4.69) is 21.1 Å². The molecule has 1 heterocycles. The van der Waals surface area contributed by atoms with E-state index in [-0.39, 0.29) is 11.9 Å². The summed E-state index contributed by atoms with van der Waals surface area (Å²) in [6.45, 7) is 0. The third kappa shape index (κ3) is 4.26. The number of rotatable bonds is 0. The maximum Gasteiger partial charge on any atom is 0.240 e. The van der Waals surface area contributed by atoms with E-state index in [0.717, 1.165) is 4.68 Å². The van der Waals surface area contributed by atoms with Gasteiger partial charge in [-0.05, 0) is 0 Å². The zero-order chi connectivity index (χ0) is 10.3. The van der Waals surface area contributed by atoms with Crippen LogP contribution in [-0.2, 0) is 0 Å². The Balaban J connectivity index is 0.000000226. The first-order valence-electron chi connectivity index (χ1n) is 3.02. The van der Waals surface area contributed by atoms with Crippen molar-refractivity contribution in [2.75, 3.05) is 11.6 Å². The molecule has 0 aliphatic carbocycles. The van der Waals surface area contributed by atoms with Crippen LogP contribution in [0, 0.1) is 0 Å². The molecular formula is C3H12N10. The molecule has 0 radical (unpaired) electrons. The summed E-state index contributed by atoms with van der Waals surface area (Å²) < 4.78 is 1.14. The molecule has 11 N–H and O–H groups in total. The Bertz CT molecular complexity index is 244. The lowest BCUT2D eigenvalue weighted by atomic mass is 11.1. The van der Waals surface area contributed by atoms with Crippen molar-refractivity contribution in [3.63, 3.8) is 0 Å². The van der Waals surface area contributed by atoms with Crippen LogP contribution >= 0.6 is 0 Å². The Morgan fingerprint density at radius 3 is 2.31 bits per heavy atom. The number of hydrogen-bond donors (Lipinski definition) is 6. The molecule has 0 spiro atoms. The Morgan fingerprint density at radius 1 is 1.62 bits per heavy atom. The summed E-state index contributed by atoms with van der Waals surface area (Å²) in [7, 11) is 0. The standard InChI is InChI=1S/C2H5N5.CH7N5/c3-2-6-5-1-7(2)4;2-1(5-3)6-4/h1H,4H2,(H2,3,6);3-4H2,(H3,2,5,6). The van der Waals surface area contributed by atoms with Crippen molar-refractivity contribution in [1.29, 1.82) is 0 Å². The molecule has 0 atom stereocenters. The number of hydrazine groups is 1. The van der Waals surface area contributed by atoms with Gasteiger partial charge in [0.1, 0.15) is 6.33 Å². The smallest absolute Gasteiger partial charge is 0.240 e. The van der Waals surface area contributed by atoms with Crippen molar-refractivity contribution in [2.24, 2.45) is 22.5 Å². The third-order valence-electron chi connectivity index (χ3n) is 0.888. The number of nitrogen functional groups attached to an aromatic ring is 2. The van der Waals surface area contributed by atoms with E-state index >= 15 is 0 Å². The van der Waals surface area contributed by atoms with Crippen molar-refractivity contribution < 1.29 is 0 Å². The van der Waals surface area contributed by atoms with Gasteiger partial charge in [0.05, 0.1) is 0 Å². The first kappa shape index (κ1) is 10.8. The van der Waals surface area contributed by atoms with Gasteiger partial charge in [0.25, 0.3) is 0 Å². The SMILES string of the molecule is NN=C(N)NN.Nc1nncn1N. The van der Waals surface area contributed by atoms with Gasteiger partial charge < -0.3 is 23.2 Å². The number of hydrogen-bond acceptors (Lipinski definition) is 7. The van der Waals surface area contributed by atoms with Crippen LogP contribution in [0.25, 0.3) is 0 Å². The topological polar surface area (TPSA) is 185 Å². The molecule has 0 saturated heterocycles. The van der Waals surface area contributed by atoms with Crippen molar-refractivity contribution in [1.82, 2.24) is 20.3 Å². The second kappa shape index (κ2) is 5.42. The summed E-state index contributed by atoms with van der Waals surface area (Å²) in [5.74, 6) is 14.7. The molecule has 13 heavy (non-hydrogen) atoms. The Morgan fingerprint density at radius 2 is 2.23 bits per heavy atom. The van der Waals surface area contributed by atoms with Gasteiger partial charge in [-0.3, -0.25) is 5.43 Å². The number of nitrogens with zero attached hydrogens (tertiary/aromatic N) is 4. The lowest BCUT2D eigenvalue weighted by molar-refractivity contribution is 0.986. The van der Waals surface area contributed by atoms with E-state index in [1.165, 1.54) is 6.33 Å². The van der Waals surface area contributed by atoms with Crippen LogP contribution in [0.5, 0.6) is 0 Å². The van der Waals surface area contributed by atoms with Crippen LogP contribution in [0.1, 0.15) is 0 Å². The highest BCUT2D eigenvalue weighted by Crippen LogP contribution is 1.83. The summed E-state index contributed by atoms with van der Waals surface area (Å²) >= 11 is 0. The average Bonchev–Trinajstić information content (AvgIpc) is 2.51. The van der Waals surface area contributed by atoms with E-state index in [4.69, 9.17) is 23.2 Å². The largest absolute Gasteiger partial charge is 0.367 e. The van der Waals surface area contributed by atoms with Crippen molar-refractivity contribution in [3.05, 3.63) is 6.33 Å². The van der Waals surface area contributed by atoms with Crippen molar-refractivity contribution >= 4 is 11.9 Å². The van der Waals surface area contributed by atoms with Crippen LogP contribution in [0.2, 0.25) is 0 Å². The molecular weight excluding hydrogens is 176 g/mol. The summed E-state index contributed by atoms with van der Waals surface area (Å²) in [5.41, 5.74) is 12.0. The maximum absolute atomic E-state index is 5.11. The van der Waals surface area contributed by atoms with Gasteiger partial charge in [0.15, 0.2) is 0 Å². The molecule has 10 heteroatoms. The highest BCUT2D eigenvalue weighted by atomic mass is 15.4. The normalized spacial score (nSPS) is 10.1. The third-order valence-corrected chi connectivity index (χ3v) is 0.888. The van der Waals surface area contributed by atoms with Crippen molar-refractivity contribution in [2.45, 2.75) is 0 Å². The Hall–Kier alpha value is -2.23. The molecule has 0 aliphatic heterocycles. The highest BCUT2D eigenvalue weighted by molar-refractivity contribution is 5.76. The number of nitrogens with one attached hydrogen (secondary N) is 1. The average molecular weight is 188 g/mol. The van der Waals surface area contributed by atoms with Gasteiger partial charge in [0, 0.05) is 0 Å². The Kier molecular flexibility index (Phi) is 4.49. The lowest BCUT2D eigenvalue weighted by Crippen LogP contribution is -2.37.